The van der Waals surface area contributed by atoms with E-state index in [0.29, 0.717) is 19.1 Å². The summed E-state index contributed by atoms with van der Waals surface area (Å²) in [7, 11) is 0. The van der Waals surface area contributed by atoms with Crippen molar-refractivity contribution >= 4 is 0 Å². The highest BCUT2D eigenvalue weighted by Crippen LogP contribution is 2.48. The van der Waals surface area contributed by atoms with Crippen molar-refractivity contribution in [1.29, 1.82) is 0 Å². The molecular formula is C17H22O3. The number of aliphatic hydroxyl groups is 1. The maximum atomic E-state index is 11.3. The second-order valence-corrected chi connectivity index (χ2v) is 5.92. The van der Waals surface area contributed by atoms with E-state index in [1.54, 1.807) is 0 Å². The molecule has 20 heavy (non-hydrogen) atoms. The number of benzene rings is 1. The van der Waals surface area contributed by atoms with Crippen LogP contribution in [0.4, 0.5) is 0 Å². The quantitative estimate of drug-likeness (QED) is 0.842. The van der Waals surface area contributed by atoms with Crippen molar-refractivity contribution in [1.82, 2.24) is 0 Å². The van der Waals surface area contributed by atoms with Gasteiger partial charge in [0, 0.05) is 5.56 Å². The number of hydrogen-bond donors (Lipinski definition) is 1. The molecule has 3 nitrogen and oxygen atoms in total. The molecule has 1 N–H and O–H groups in total. The lowest BCUT2D eigenvalue weighted by Crippen LogP contribution is -2.34. The third-order valence-corrected chi connectivity index (χ3v) is 4.81. The Morgan fingerprint density at radius 1 is 1.15 bits per heavy atom. The number of allylic oxidation sites excluding steroid dienone is 1. The Morgan fingerprint density at radius 2 is 1.80 bits per heavy atom. The van der Waals surface area contributed by atoms with Crippen LogP contribution in [0.3, 0.4) is 0 Å². The van der Waals surface area contributed by atoms with Crippen LogP contribution in [0.25, 0.3) is 0 Å². The molecule has 0 radical (unpaired) electrons. The fourth-order valence-corrected chi connectivity index (χ4v) is 3.45. The molecular weight excluding hydrogens is 252 g/mol. The molecule has 1 fully saturated rings. The largest absolute Gasteiger partial charge is 0.380 e. The maximum Gasteiger partial charge on any atom is 0.184 e. The highest BCUT2D eigenvalue weighted by molar-refractivity contribution is 5.43. The lowest BCUT2D eigenvalue weighted by Gasteiger charge is -2.34. The minimum atomic E-state index is -0.925. The molecule has 1 saturated heterocycles. The summed E-state index contributed by atoms with van der Waals surface area (Å²) < 4.78 is 11.3. The third kappa shape index (κ3) is 1.93. The summed E-state index contributed by atoms with van der Waals surface area (Å²) >= 11 is 0. The summed E-state index contributed by atoms with van der Waals surface area (Å²) in [4.78, 5) is 0. The molecule has 0 spiro atoms. The Hall–Kier alpha value is -1.16. The van der Waals surface area contributed by atoms with Gasteiger partial charge in [-0.15, -0.1) is 0 Å². The first kappa shape index (κ1) is 13.8. The maximum absolute atomic E-state index is 11.3. The predicted octanol–water partition coefficient (Wildman–Crippen LogP) is 3.15. The van der Waals surface area contributed by atoms with Gasteiger partial charge in [0.25, 0.3) is 0 Å². The zero-order valence-corrected chi connectivity index (χ0v) is 12.3. The van der Waals surface area contributed by atoms with Gasteiger partial charge in [-0.05, 0) is 29.9 Å². The summed E-state index contributed by atoms with van der Waals surface area (Å²) in [6.45, 7) is 7.48. The average Bonchev–Trinajstić information content (AvgIpc) is 3.04. The highest BCUT2D eigenvalue weighted by Gasteiger charge is 2.46. The Kier molecular flexibility index (Phi) is 3.44. The average molecular weight is 274 g/mol. The van der Waals surface area contributed by atoms with Crippen LogP contribution in [0.5, 0.6) is 0 Å². The van der Waals surface area contributed by atoms with Crippen LogP contribution in [-0.2, 0) is 15.1 Å². The van der Waals surface area contributed by atoms with Gasteiger partial charge in [0.15, 0.2) is 6.29 Å². The Labute approximate surface area is 120 Å². The van der Waals surface area contributed by atoms with E-state index in [-0.39, 0.29) is 12.2 Å². The Bertz CT molecular complexity index is 531. The molecule has 3 atom stereocenters. The van der Waals surface area contributed by atoms with E-state index in [1.807, 2.05) is 31.2 Å². The van der Waals surface area contributed by atoms with Crippen molar-refractivity contribution < 1.29 is 14.6 Å². The van der Waals surface area contributed by atoms with Gasteiger partial charge in [0.2, 0.25) is 0 Å². The summed E-state index contributed by atoms with van der Waals surface area (Å²) in [5.41, 5.74) is 1.95. The van der Waals surface area contributed by atoms with Gasteiger partial charge in [0.05, 0.1) is 13.2 Å². The van der Waals surface area contributed by atoms with E-state index in [2.05, 4.69) is 19.9 Å². The summed E-state index contributed by atoms with van der Waals surface area (Å²) in [5, 5.41) is 11.3. The van der Waals surface area contributed by atoms with Gasteiger partial charge in [-0.2, -0.15) is 0 Å². The molecule has 1 heterocycles. The van der Waals surface area contributed by atoms with E-state index in [4.69, 9.17) is 9.47 Å². The first-order valence-electron chi connectivity index (χ1n) is 7.29. The lowest BCUT2D eigenvalue weighted by atomic mass is 9.77. The van der Waals surface area contributed by atoms with Gasteiger partial charge in [-0.1, -0.05) is 44.2 Å². The third-order valence-electron chi connectivity index (χ3n) is 4.81. The van der Waals surface area contributed by atoms with Crippen LogP contribution in [0.2, 0.25) is 0 Å². The molecule has 3 heteroatoms. The van der Waals surface area contributed by atoms with Crippen LogP contribution in [0, 0.1) is 11.8 Å². The first-order chi connectivity index (χ1) is 9.55. The Morgan fingerprint density at radius 3 is 2.40 bits per heavy atom. The van der Waals surface area contributed by atoms with E-state index in [0.717, 1.165) is 16.7 Å². The smallest absolute Gasteiger partial charge is 0.184 e. The van der Waals surface area contributed by atoms with E-state index in [9.17, 15) is 5.11 Å². The van der Waals surface area contributed by atoms with Crippen molar-refractivity contribution in [3.8, 4) is 0 Å². The topological polar surface area (TPSA) is 38.7 Å². The fourth-order valence-electron chi connectivity index (χ4n) is 3.45. The van der Waals surface area contributed by atoms with E-state index >= 15 is 0 Å². The van der Waals surface area contributed by atoms with E-state index in [1.165, 1.54) is 0 Å². The molecule has 2 aliphatic rings. The normalized spacial score (nSPS) is 34.5. The molecule has 1 aliphatic carbocycles. The highest BCUT2D eigenvalue weighted by atomic mass is 16.7. The number of hydrogen-bond acceptors (Lipinski definition) is 3. The predicted molar refractivity (Wildman–Crippen MR) is 77.1 cm³/mol. The van der Waals surface area contributed by atoms with Gasteiger partial charge in [-0.25, -0.2) is 0 Å². The summed E-state index contributed by atoms with van der Waals surface area (Å²) in [6, 6.07) is 7.92. The van der Waals surface area contributed by atoms with Crippen molar-refractivity contribution in [3.63, 3.8) is 0 Å². The second kappa shape index (κ2) is 4.99. The zero-order valence-electron chi connectivity index (χ0n) is 12.3. The molecule has 108 valence electrons. The molecule has 0 amide bonds. The van der Waals surface area contributed by atoms with Gasteiger partial charge in [0.1, 0.15) is 5.60 Å². The number of rotatable bonds is 2. The first-order valence-corrected chi connectivity index (χ1v) is 7.29. The van der Waals surface area contributed by atoms with E-state index < -0.39 is 5.60 Å². The molecule has 0 aromatic heterocycles. The minimum Gasteiger partial charge on any atom is -0.380 e. The molecule has 1 aromatic carbocycles. The molecule has 3 unspecified atom stereocenters. The summed E-state index contributed by atoms with van der Waals surface area (Å²) in [6.07, 6.45) is 1.81. The van der Waals surface area contributed by atoms with Crippen LogP contribution < -0.4 is 0 Å². The second-order valence-electron chi connectivity index (χ2n) is 5.92. The number of ether oxygens (including phenoxy) is 2. The zero-order chi connectivity index (χ0) is 14.3. The van der Waals surface area contributed by atoms with Crippen molar-refractivity contribution in [2.75, 3.05) is 13.2 Å². The summed E-state index contributed by atoms with van der Waals surface area (Å²) in [5.74, 6) is 0.503. The van der Waals surface area contributed by atoms with Gasteiger partial charge >= 0.3 is 0 Å². The molecule has 0 bridgehead atoms. The van der Waals surface area contributed by atoms with Crippen LogP contribution >= 0.6 is 0 Å². The SMILES string of the molecule is CC1=CC(C)C(C)C1(O)c1ccccc1C1OCCO1. The lowest BCUT2D eigenvalue weighted by molar-refractivity contribution is -0.0505. The van der Waals surface area contributed by atoms with Gasteiger partial charge in [-0.3, -0.25) is 0 Å². The molecule has 1 aliphatic heterocycles. The minimum absolute atomic E-state index is 0.144. The van der Waals surface area contributed by atoms with Crippen molar-refractivity contribution in [3.05, 3.63) is 47.0 Å². The standard InChI is InChI=1S/C17H22O3/c1-11-10-12(2)17(18,13(11)3)15-7-5-4-6-14(15)16-19-8-9-20-16/h4-7,10-11,13,16,18H,8-9H2,1-3H3. The van der Waals surface area contributed by atoms with Crippen LogP contribution in [0.1, 0.15) is 38.2 Å². The molecule has 1 aromatic rings. The molecule has 0 saturated carbocycles. The van der Waals surface area contributed by atoms with Gasteiger partial charge < -0.3 is 14.6 Å². The van der Waals surface area contributed by atoms with Crippen LogP contribution in [0.15, 0.2) is 35.9 Å². The van der Waals surface area contributed by atoms with Crippen molar-refractivity contribution in [2.24, 2.45) is 11.8 Å². The van der Waals surface area contributed by atoms with Crippen LogP contribution in [-0.4, -0.2) is 18.3 Å². The fraction of sp³-hybridized carbons (Fsp3) is 0.529. The monoisotopic (exact) mass is 274 g/mol. The Balaban J connectivity index is 2.08. The van der Waals surface area contributed by atoms with Crippen molar-refractivity contribution in [2.45, 2.75) is 32.7 Å². The molecule has 3 rings (SSSR count).